The van der Waals surface area contributed by atoms with Gasteiger partial charge in [0.25, 0.3) is 11.5 Å². The molecule has 0 bridgehead atoms. The maximum absolute atomic E-state index is 13.0. The molecule has 0 aliphatic carbocycles. The summed E-state index contributed by atoms with van der Waals surface area (Å²) in [5.74, 6) is -0.650. The zero-order valence-corrected chi connectivity index (χ0v) is 17.0. The van der Waals surface area contributed by atoms with E-state index < -0.39 is 11.5 Å². The minimum Gasteiger partial charge on any atom is -0.267 e. The van der Waals surface area contributed by atoms with Crippen molar-refractivity contribution in [2.24, 2.45) is 5.10 Å². The van der Waals surface area contributed by atoms with Gasteiger partial charge in [-0.05, 0) is 11.6 Å². The zero-order valence-electron chi connectivity index (χ0n) is 16.2. The Balaban J connectivity index is 1.79. The second-order valence-electron chi connectivity index (χ2n) is 6.60. The van der Waals surface area contributed by atoms with E-state index in [4.69, 9.17) is 11.6 Å². The van der Waals surface area contributed by atoms with E-state index in [1.807, 2.05) is 66.7 Å². The number of benzene rings is 3. The monoisotopic (exact) mass is 428 g/mol. The summed E-state index contributed by atoms with van der Waals surface area (Å²) in [7, 11) is 0. The van der Waals surface area contributed by atoms with E-state index in [9.17, 15) is 9.59 Å². The second-order valence-corrected chi connectivity index (χ2v) is 7.01. The number of aromatic nitrogens is 2. The lowest BCUT2D eigenvalue weighted by Crippen LogP contribution is -2.28. The fraction of sp³-hybridized carbons (Fsp3) is 0. The molecule has 4 aromatic rings. The maximum Gasteiger partial charge on any atom is 0.277 e. The lowest BCUT2D eigenvalue weighted by molar-refractivity contribution is 0.0954. The largest absolute Gasteiger partial charge is 0.277 e. The van der Waals surface area contributed by atoms with Crippen LogP contribution < -0.4 is 11.0 Å². The number of hydrogen-bond acceptors (Lipinski definition) is 4. The SMILES string of the molecule is O=C(NN=Cc1ccccc1Cl)c1c(-c2ccccc2)c(-c2ccccc2)n[nH]c1=O. The molecule has 1 heterocycles. The molecule has 6 nitrogen and oxygen atoms in total. The van der Waals surface area contributed by atoms with E-state index in [1.165, 1.54) is 6.21 Å². The van der Waals surface area contributed by atoms with Gasteiger partial charge in [0.2, 0.25) is 0 Å². The Labute approximate surface area is 183 Å². The molecule has 0 aliphatic rings. The maximum atomic E-state index is 13.0. The first kappa shape index (κ1) is 20.3. The van der Waals surface area contributed by atoms with E-state index in [0.29, 0.717) is 27.4 Å². The van der Waals surface area contributed by atoms with Gasteiger partial charge >= 0.3 is 0 Å². The van der Waals surface area contributed by atoms with Crippen LogP contribution in [0.5, 0.6) is 0 Å². The van der Waals surface area contributed by atoms with E-state index in [2.05, 4.69) is 20.7 Å². The van der Waals surface area contributed by atoms with Crippen molar-refractivity contribution < 1.29 is 4.79 Å². The molecule has 3 aromatic carbocycles. The molecule has 0 unspecified atom stereocenters. The van der Waals surface area contributed by atoms with Crippen molar-refractivity contribution in [1.29, 1.82) is 0 Å². The number of hydrogen-bond donors (Lipinski definition) is 2. The molecule has 0 aliphatic heterocycles. The molecule has 0 atom stereocenters. The van der Waals surface area contributed by atoms with Crippen LogP contribution in [-0.2, 0) is 0 Å². The lowest BCUT2D eigenvalue weighted by atomic mass is 9.95. The summed E-state index contributed by atoms with van der Waals surface area (Å²) in [6.45, 7) is 0. The summed E-state index contributed by atoms with van der Waals surface area (Å²) >= 11 is 6.11. The minimum atomic E-state index is -0.650. The third-order valence-corrected chi connectivity index (χ3v) is 4.94. The molecular formula is C24H17ClN4O2. The van der Waals surface area contributed by atoms with E-state index in [1.54, 1.807) is 18.2 Å². The zero-order chi connectivity index (χ0) is 21.6. The first-order chi connectivity index (χ1) is 15.1. The molecule has 1 aromatic heterocycles. The number of halogens is 1. The molecule has 152 valence electrons. The highest BCUT2D eigenvalue weighted by molar-refractivity contribution is 6.33. The van der Waals surface area contributed by atoms with Gasteiger partial charge in [0.05, 0.1) is 11.9 Å². The average molecular weight is 429 g/mol. The van der Waals surface area contributed by atoms with E-state index in [0.717, 1.165) is 5.56 Å². The van der Waals surface area contributed by atoms with Crippen molar-refractivity contribution >= 4 is 23.7 Å². The molecule has 1 amide bonds. The quantitative estimate of drug-likeness (QED) is 0.362. The molecule has 4 rings (SSSR count). The predicted molar refractivity (Wildman–Crippen MR) is 122 cm³/mol. The van der Waals surface area contributed by atoms with Gasteiger partial charge in [-0.15, -0.1) is 0 Å². The number of carbonyl (C=O) groups excluding carboxylic acids is 1. The van der Waals surface area contributed by atoms with Gasteiger partial charge in [0.15, 0.2) is 0 Å². The normalized spacial score (nSPS) is 10.9. The number of H-pyrrole nitrogens is 1. The van der Waals surface area contributed by atoms with E-state index in [-0.39, 0.29) is 5.56 Å². The Hall–Kier alpha value is -4.03. The molecule has 0 spiro atoms. The van der Waals surface area contributed by atoms with Gasteiger partial charge in [-0.25, -0.2) is 10.5 Å². The lowest BCUT2D eigenvalue weighted by Gasteiger charge is -2.12. The Kier molecular flexibility index (Phi) is 6.01. The van der Waals surface area contributed by atoms with Crippen LogP contribution >= 0.6 is 11.6 Å². The topological polar surface area (TPSA) is 87.2 Å². The number of amides is 1. The van der Waals surface area contributed by atoms with Gasteiger partial charge in [-0.3, -0.25) is 9.59 Å². The summed E-state index contributed by atoms with van der Waals surface area (Å²) in [6, 6.07) is 25.6. The van der Waals surface area contributed by atoms with Gasteiger partial charge in [0.1, 0.15) is 5.56 Å². The fourth-order valence-corrected chi connectivity index (χ4v) is 3.34. The molecule has 0 radical (unpaired) electrons. The van der Waals surface area contributed by atoms with Crippen LogP contribution in [0, 0.1) is 0 Å². The van der Waals surface area contributed by atoms with Crippen molar-refractivity contribution in [3.63, 3.8) is 0 Å². The number of aromatic amines is 1. The highest BCUT2D eigenvalue weighted by atomic mass is 35.5. The molecule has 0 fully saturated rings. The highest BCUT2D eigenvalue weighted by Crippen LogP contribution is 2.31. The molecular weight excluding hydrogens is 412 g/mol. The van der Waals surface area contributed by atoms with Crippen LogP contribution in [0.15, 0.2) is 94.8 Å². The summed E-state index contributed by atoms with van der Waals surface area (Å²) in [4.78, 5) is 25.7. The van der Waals surface area contributed by atoms with Crippen molar-refractivity contribution in [2.75, 3.05) is 0 Å². The van der Waals surface area contributed by atoms with Crippen molar-refractivity contribution in [3.05, 3.63) is 111 Å². The minimum absolute atomic E-state index is 0.0728. The first-order valence-corrected chi connectivity index (χ1v) is 9.84. The summed E-state index contributed by atoms with van der Waals surface area (Å²) < 4.78 is 0. The molecule has 31 heavy (non-hydrogen) atoms. The predicted octanol–water partition coefficient (Wildman–Crippen LogP) is 4.52. The van der Waals surface area contributed by atoms with Gasteiger partial charge in [-0.1, -0.05) is 90.5 Å². The molecule has 2 N–H and O–H groups in total. The van der Waals surface area contributed by atoms with Crippen LogP contribution in [0.3, 0.4) is 0 Å². The number of nitrogens with zero attached hydrogens (tertiary/aromatic N) is 2. The summed E-state index contributed by atoms with van der Waals surface area (Å²) in [5, 5.41) is 11.1. The number of carbonyl (C=O) groups is 1. The number of hydrazone groups is 1. The van der Waals surface area contributed by atoms with Crippen LogP contribution in [0.1, 0.15) is 15.9 Å². The van der Waals surface area contributed by atoms with Gasteiger partial charge in [-0.2, -0.15) is 10.2 Å². The van der Waals surface area contributed by atoms with E-state index >= 15 is 0 Å². The third-order valence-electron chi connectivity index (χ3n) is 4.59. The Morgan fingerprint density at radius 2 is 1.52 bits per heavy atom. The first-order valence-electron chi connectivity index (χ1n) is 9.46. The Bertz CT molecular complexity index is 1300. The van der Waals surface area contributed by atoms with Crippen LogP contribution in [0.4, 0.5) is 0 Å². The summed E-state index contributed by atoms with van der Waals surface area (Å²) in [6.07, 6.45) is 1.43. The van der Waals surface area contributed by atoms with Crippen LogP contribution in [0.2, 0.25) is 5.02 Å². The second kappa shape index (κ2) is 9.19. The van der Waals surface area contributed by atoms with Gasteiger partial charge < -0.3 is 0 Å². The highest BCUT2D eigenvalue weighted by Gasteiger charge is 2.22. The number of rotatable bonds is 5. The molecule has 7 heteroatoms. The molecule has 0 saturated carbocycles. The fourth-order valence-electron chi connectivity index (χ4n) is 3.15. The third kappa shape index (κ3) is 4.44. The Morgan fingerprint density at radius 3 is 2.19 bits per heavy atom. The van der Waals surface area contributed by atoms with Crippen molar-refractivity contribution in [2.45, 2.75) is 0 Å². The average Bonchev–Trinajstić information content (AvgIpc) is 2.81. The Morgan fingerprint density at radius 1 is 0.903 bits per heavy atom. The smallest absolute Gasteiger partial charge is 0.267 e. The van der Waals surface area contributed by atoms with Crippen molar-refractivity contribution in [1.82, 2.24) is 15.6 Å². The van der Waals surface area contributed by atoms with Gasteiger partial charge in [0, 0.05) is 21.7 Å². The standard InChI is InChI=1S/C24H17ClN4O2/c25-19-14-8-7-13-18(19)15-26-28-23(30)21-20(16-9-3-1-4-10-16)22(27-29-24(21)31)17-11-5-2-6-12-17/h1-15H,(H,28,30)(H,29,31). The summed E-state index contributed by atoms with van der Waals surface area (Å²) in [5.41, 5.74) is 4.78. The number of nitrogens with one attached hydrogen (secondary N) is 2. The van der Waals surface area contributed by atoms with Crippen molar-refractivity contribution in [3.8, 4) is 22.4 Å². The van der Waals surface area contributed by atoms with Crippen LogP contribution in [-0.4, -0.2) is 22.3 Å². The molecule has 0 saturated heterocycles. The van der Waals surface area contributed by atoms with Crippen LogP contribution in [0.25, 0.3) is 22.4 Å².